The van der Waals surface area contributed by atoms with Crippen LogP contribution < -0.4 is 5.73 Å². The first kappa shape index (κ1) is 12.0. The Bertz CT molecular complexity index is 441. The fourth-order valence-electron chi connectivity index (χ4n) is 2.02. The molecule has 0 amide bonds. The van der Waals surface area contributed by atoms with Gasteiger partial charge in [-0.3, -0.25) is 4.79 Å². The smallest absolute Gasteiger partial charge is 0.316 e. The molecule has 2 N–H and O–H groups in total. The molecule has 1 saturated carbocycles. The lowest BCUT2D eigenvalue weighted by atomic mass is 9.95. The number of carbonyl (C=O) groups excluding carboxylic acids is 1. The Balaban J connectivity index is 2.28. The number of halogens is 1. The Morgan fingerprint density at radius 2 is 2.24 bits per heavy atom. The number of nitrogens with two attached hydrogens (primary N) is 1. The molecule has 1 aliphatic rings. The van der Waals surface area contributed by atoms with E-state index >= 15 is 0 Å². The third kappa shape index (κ3) is 2.05. The van der Waals surface area contributed by atoms with Crippen molar-refractivity contribution in [2.45, 2.75) is 31.7 Å². The lowest BCUT2D eigenvalue weighted by Gasteiger charge is -2.14. The second-order valence-corrected chi connectivity index (χ2v) is 4.31. The van der Waals surface area contributed by atoms with E-state index < -0.39 is 5.41 Å². The molecule has 0 heterocycles. The Morgan fingerprint density at radius 1 is 1.53 bits per heavy atom. The van der Waals surface area contributed by atoms with Gasteiger partial charge in [-0.2, -0.15) is 0 Å². The summed E-state index contributed by atoms with van der Waals surface area (Å²) in [6, 6.07) is 4.82. The molecule has 1 aromatic carbocycles. The van der Waals surface area contributed by atoms with Crippen molar-refractivity contribution < 1.29 is 13.9 Å². The van der Waals surface area contributed by atoms with Crippen LogP contribution in [0.4, 0.5) is 4.39 Å². The molecule has 0 spiro atoms. The van der Waals surface area contributed by atoms with Gasteiger partial charge in [0.15, 0.2) is 0 Å². The summed E-state index contributed by atoms with van der Waals surface area (Å²) < 4.78 is 18.7. The molecular weight excluding hydrogens is 221 g/mol. The number of carbonyl (C=O) groups is 1. The molecule has 0 aromatic heterocycles. The lowest BCUT2D eigenvalue weighted by molar-refractivity contribution is -0.146. The highest BCUT2D eigenvalue weighted by atomic mass is 19.1. The maximum atomic E-state index is 13.6. The third-order valence-corrected chi connectivity index (χ3v) is 3.24. The van der Waals surface area contributed by atoms with Crippen molar-refractivity contribution in [2.75, 3.05) is 6.61 Å². The van der Waals surface area contributed by atoms with Gasteiger partial charge in [0.25, 0.3) is 0 Å². The van der Waals surface area contributed by atoms with Crippen LogP contribution in [0.5, 0.6) is 0 Å². The van der Waals surface area contributed by atoms with E-state index in [0.29, 0.717) is 17.7 Å². The highest BCUT2D eigenvalue weighted by Gasteiger charge is 2.52. The van der Waals surface area contributed by atoms with Crippen LogP contribution in [0.1, 0.15) is 30.9 Å². The zero-order chi connectivity index (χ0) is 12.5. The Morgan fingerprint density at radius 3 is 2.71 bits per heavy atom. The van der Waals surface area contributed by atoms with Crippen molar-refractivity contribution in [1.82, 2.24) is 0 Å². The van der Waals surface area contributed by atoms with E-state index in [1.54, 1.807) is 19.1 Å². The van der Waals surface area contributed by atoms with Gasteiger partial charge in [0.1, 0.15) is 5.82 Å². The monoisotopic (exact) mass is 237 g/mol. The summed E-state index contributed by atoms with van der Waals surface area (Å²) in [5.41, 5.74) is 5.96. The Labute approximate surface area is 99.8 Å². The molecule has 3 nitrogen and oxygen atoms in total. The van der Waals surface area contributed by atoms with Gasteiger partial charge in [0, 0.05) is 12.1 Å². The number of esters is 1. The topological polar surface area (TPSA) is 52.3 Å². The van der Waals surface area contributed by atoms with Crippen LogP contribution in [0.25, 0.3) is 0 Å². The summed E-state index contributed by atoms with van der Waals surface area (Å²) in [7, 11) is 0. The maximum Gasteiger partial charge on any atom is 0.316 e. The van der Waals surface area contributed by atoms with E-state index in [1.165, 1.54) is 6.07 Å². The fourth-order valence-corrected chi connectivity index (χ4v) is 2.02. The van der Waals surface area contributed by atoms with Crippen LogP contribution in [0.15, 0.2) is 18.2 Å². The van der Waals surface area contributed by atoms with Gasteiger partial charge >= 0.3 is 5.97 Å². The summed E-state index contributed by atoms with van der Waals surface area (Å²) >= 11 is 0. The molecule has 92 valence electrons. The van der Waals surface area contributed by atoms with Crippen molar-refractivity contribution in [3.8, 4) is 0 Å². The SMILES string of the molecule is CCOC(=O)C1(c2ccc(CN)c(F)c2)CC1. The number of hydrogen-bond donors (Lipinski definition) is 1. The van der Waals surface area contributed by atoms with Crippen LogP contribution in [0.3, 0.4) is 0 Å². The largest absolute Gasteiger partial charge is 0.465 e. The van der Waals surface area contributed by atoms with Gasteiger partial charge in [-0.25, -0.2) is 4.39 Å². The van der Waals surface area contributed by atoms with Crippen LogP contribution in [0.2, 0.25) is 0 Å². The van der Waals surface area contributed by atoms with E-state index in [-0.39, 0.29) is 18.3 Å². The minimum Gasteiger partial charge on any atom is -0.465 e. The van der Waals surface area contributed by atoms with Crippen molar-refractivity contribution in [1.29, 1.82) is 0 Å². The maximum absolute atomic E-state index is 13.6. The number of hydrogen-bond acceptors (Lipinski definition) is 3. The first-order valence-corrected chi connectivity index (χ1v) is 5.80. The Kier molecular flexibility index (Phi) is 3.15. The van der Waals surface area contributed by atoms with Crippen molar-refractivity contribution in [3.63, 3.8) is 0 Å². The zero-order valence-corrected chi connectivity index (χ0v) is 9.83. The normalized spacial score (nSPS) is 16.6. The van der Waals surface area contributed by atoms with Crippen LogP contribution >= 0.6 is 0 Å². The van der Waals surface area contributed by atoms with E-state index in [4.69, 9.17) is 10.5 Å². The second kappa shape index (κ2) is 4.45. The molecule has 1 aliphatic carbocycles. The lowest BCUT2D eigenvalue weighted by Crippen LogP contribution is -2.23. The molecule has 0 atom stereocenters. The molecule has 17 heavy (non-hydrogen) atoms. The predicted molar refractivity (Wildman–Crippen MR) is 61.8 cm³/mol. The van der Waals surface area contributed by atoms with Crippen molar-refractivity contribution >= 4 is 5.97 Å². The summed E-state index contributed by atoms with van der Waals surface area (Å²) in [5, 5.41) is 0. The number of rotatable bonds is 4. The van der Waals surface area contributed by atoms with Crippen molar-refractivity contribution in [3.05, 3.63) is 35.1 Å². The highest BCUT2D eigenvalue weighted by molar-refractivity contribution is 5.86. The predicted octanol–water partition coefficient (Wildman–Crippen LogP) is 1.88. The minimum absolute atomic E-state index is 0.165. The molecule has 2 rings (SSSR count). The van der Waals surface area contributed by atoms with Crippen LogP contribution in [-0.2, 0) is 21.5 Å². The molecule has 0 unspecified atom stereocenters. The van der Waals surface area contributed by atoms with E-state index in [2.05, 4.69) is 0 Å². The summed E-state index contributed by atoms with van der Waals surface area (Å²) in [6.45, 7) is 2.29. The van der Waals surface area contributed by atoms with Gasteiger partial charge in [-0.05, 0) is 31.4 Å². The highest BCUT2D eigenvalue weighted by Crippen LogP contribution is 2.49. The van der Waals surface area contributed by atoms with E-state index in [9.17, 15) is 9.18 Å². The molecule has 4 heteroatoms. The average Bonchev–Trinajstić information content (AvgIpc) is 3.10. The standard InChI is InChI=1S/C13H16FNO2/c1-2-17-12(16)13(5-6-13)10-4-3-9(8-15)11(14)7-10/h3-4,7H,2,5-6,8,15H2,1H3. The van der Waals surface area contributed by atoms with Gasteiger partial charge in [0.2, 0.25) is 0 Å². The summed E-state index contributed by atoms with van der Waals surface area (Å²) in [5.74, 6) is -0.597. The minimum atomic E-state index is -0.607. The quantitative estimate of drug-likeness (QED) is 0.813. The van der Waals surface area contributed by atoms with Crippen LogP contribution in [-0.4, -0.2) is 12.6 Å². The molecular formula is C13H16FNO2. The summed E-state index contributed by atoms with van der Waals surface area (Å²) in [6.07, 6.45) is 1.46. The first-order valence-electron chi connectivity index (χ1n) is 5.80. The van der Waals surface area contributed by atoms with Gasteiger partial charge in [-0.1, -0.05) is 12.1 Å². The fraction of sp³-hybridized carbons (Fsp3) is 0.462. The summed E-state index contributed by atoms with van der Waals surface area (Å²) in [4.78, 5) is 11.8. The molecule has 0 aliphatic heterocycles. The molecule has 0 radical (unpaired) electrons. The first-order chi connectivity index (χ1) is 8.14. The molecule has 0 saturated heterocycles. The van der Waals surface area contributed by atoms with E-state index in [0.717, 1.165) is 12.8 Å². The third-order valence-electron chi connectivity index (χ3n) is 3.24. The second-order valence-electron chi connectivity index (χ2n) is 4.31. The zero-order valence-electron chi connectivity index (χ0n) is 9.83. The molecule has 0 bridgehead atoms. The average molecular weight is 237 g/mol. The van der Waals surface area contributed by atoms with Gasteiger partial charge < -0.3 is 10.5 Å². The van der Waals surface area contributed by atoms with Crippen molar-refractivity contribution in [2.24, 2.45) is 5.73 Å². The van der Waals surface area contributed by atoms with Crippen LogP contribution in [0, 0.1) is 5.82 Å². The van der Waals surface area contributed by atoms with Gasteiger partial charge in [0.05, 0.1) is 12.0 Å². The number of benzene rings is 1. The molecule has 1 aromatic rings. The van der Waals surface area contributed by atoms with Gasteiger partial charge in [-0.15, -0.1) is 0 Å². The number of ether oxygens (including phenoxy) is 1. The Hall–Kier alpha value is -1.42. The molecule has 1 fully saturated rings. The van der Waals surface area contributed by atoms with E-state index in [1.807, 2.05) is 0 Å².